The molecular formula is C23H24N6O. The summed E-state index contributed by atoms with van der Waals surface area (Å²) >= 11 is 0. The normalized spacial score (nSPS) is 15.1. The van der Waals surface area contributed by atoms with Crippen LogP contribution in [0.4, 0.5) is 5.69 Å². The molecule has 2 aromatic carbocycles. The molecule has 1 aliphatic heterocycles. The molecule has 7 heteroatoms. The Morgan fingerprint density at radius 2 is 1.70 bits per heavy atom. The van der Waals surface area contributed by atoms with Crippen molar-refractivity contribution in [2.75, 3.05) is 38.1 Å². The number of hydrogen-bond donors (Lipinski definition) is 1. The van der Waals surface area contributed by atoms with Crippen molar-refractivity contribution in [2.45, 2.75) is 6.92 Å². The number of fused-ring (bicyclic) bond motifs is 1. The molecule has 30 heavy (non-hydrogen) atoms. The van der Waals surface area contributed by atoms with Crippen LogP contribution in [0.3, 0.4) is 0 Å². The molecule has 1 fully saturated rings. The molecular weight excluding hydrogens is 376 g/mol. The van der Waals surface area contributed by atoms with Crippen LogP contribution in [-0.4, -0.2) is 58.1 Å². The summed E-state index contributed by atoms with van der Waals surface area (Å²) < 4.78 is 1.45. The lowest BCUT2D eigenvalue weighted by molar-refractivity contribution is 0.313. The van der Waals surface area contributed by atoms with Crippen LogP contribution in [0.5, 0.6) is 0 Å². The van der Waals surface area contributed by atoms with Gasteiger partial charge in [-0.25, -0.2) is 0 Å². The molecule has 5 rings (SSSR count). The first-order valence-corrected chi connectivity index (χ1v) is 10.2. The highest BCUT2D eigenvalue weighted by atomic mass is 16.1. The van der Waals surface area contributed by atoms with Crippen LogP contribution in [-0.2, 0) is 0 Å². The van der Waals surface area contributed by atoms with E-state index in [1.54, 1.807) is 6.07 Å². The number of para-hydroxylation sites is 1. The van der Waals surface area contributed by atoms with Gasteiger partial charge in [-0.2, -0.15) is 14.9 Å². The number of benzene rings is 2. The number of aromatic nitrogens is 4. The van der Waals surface area contributed by atoms with E-state index in [0.29, 0.717) is 11.0 Å². The first-order chi connectivity index (χ1) is 14.6. The number of aryl methyl sites for hydroxylation is 1. The average molecular weight is 400 g/mol. The molecule has 1 aliphatic rings. The Labute approximate surface area is 174 Å². The number of anilines is 1. The zero-order valence-corrected chi connectivity index (χ0v) is 17.2. The van der Waals surface area contributed by atoms with E-state index in [1.165, 1.54) is 10.4 Å². The third-order valence-electron chi connectivity index (χ3n) is 5.80. The van der Waals surface area contributed by atoms with Gasteiger partial charge in [0.15, 0.2) is 0 Å². The monoisotopic (exact) mass is 400 g/mol. The maximum atomic E-state index is 12.6. The molecule has 0 bridgehead atoms. The van der Waals surface area contributed by atoms with Crippen molar-refractivity contribution in [1.82, 2.24) is 24.9 Å². The Hall–Kier alpha value is -3.45. The van der Waals surface area contributed by atoms with Crippen molar-refractivity contribution >= 4 is 16.7 Å². The number of nitrogens with one attached hydrogen (secondary N) is 1. The maximum absolute atomic E-state index is 12.6. The molecule has 0 aliphatic carbocycles. The predicted octanol–water partition coefficient (Wildman–Crippen LogP) is 2.84. The third kappa shape index (κ3) is 3.27. The zero-order chi connectivity index (χ0) is 20.7. The second kappa shape index (κ2) is 7.42. The lowest BCUT2D eigenvalue weighted by Gasteiger charge is -2.34. The Bertz CT molecular complexity index is 1250. The number of likely N-dealkylation sites (N-methyl/N-ethyl adjacent to an activating group) is 1. The fourth-order valence-corrected chi connectivity index (χ4v) is 3.96. The van der Waals surface area contributed by atoms with Gasteiger partial charge in [0.05, 0.1) is 11.2 Å². The summed E-state index contributed by atoms with van der Waals surface area (Å²) in [6.07, 6.45) is 0. The number of piperazine rings is 1. The fraction of sp³-hybridized carbons (Fsp3) is 0.261. The smallest absolute Gasteiger partial charge is 0.273 e. The largest absolute Gasteiger partial charge is 0.369 e. The van der Waals surface area contributed by atoms with Crippen molar-refractivity contribution in [3.63, 3.8) is 0 Å². The van der Waals surface area contributed by atoms with Gasteiger partial charge >= 0.3 is 0 Å². The van der Waals surface area contributed by atoms with E-state index in [4.69, 9.17) is 0 Å². The van der Waals surface area contributed by atoms with E-state index in [0.717, 1.165) is 48.7 Å². The van der Waals surface area contributed by atoms with Crippen LogP contribution in [0.15, 0.2) is 59.4 Å². The van der Waals surface area contributed by atoms with Crippen LogP contribution in [0.2, 0.25) is 0 Å². The molecule has 1 saturated heterocycles. The zero-order valence-electron chi connectivity index (χ0n) is 17.2. The van der Waals surface area contributed by atoms with E-state index < -0.39 is 0 Å². The third-order valence-corrected chi connectivity index (χ3v) is 5.80. The molecule has 0 atom stereocenters. The van der Waals surface area contributed by atoms with Crippen LogP contribution in [0.25, 0.3) is 28.0 Å². The highest BCUT2D eigenvalue weighted by Gasteiger charge is 2.16. The van der Waals surface area contributed by atoms with Crippen LogP contribution >= 0.6 is 0 Å². The minimum absolute atomic E-state index is 0.183. The topological polar surface area (TPSA) is 70.1 Å². The molecule has 3 heterocycles. The van der Waals surface area contributed by atoms with Crippen molar-refractivity contribution in [3.8, 4) is 16.9 Å². The number of nitrogens with zero attached hydrogens (tertiary/aromatic N) is 5. The SMILES string of the molecule is Cc1ccccc1-n1nc2c(-c3ccc(N4CCN(C)CC4)cc3)n[nH]c2cc1=O. The molecule has 0 amide bonds. The van der Waals surface area contributed by atoms with E-state index in [-0.39, 0.29) is 5.56 Å². The Morgan fingerprint density at radius 1 is 0.967 bits per heavy atom. The lowest BCUT2D eigenvalue weighted by Crippen LogP contribution is -2.44. The summed E-state index contributed by atoms with van der Waals surface area (Å²) in [5.41, 5.74) is 5.86. The molecule has 0 saturated carbocycles. The fourth-order valence-electron chi connectivity index (χ4n) is 3.96. The lowest BCUT2D eigenvalue weighted by atomic mass is 10.1. The van der Waals surface area contributed by atoms with E-state index in [9.17, 15) is 4.79 Å². The Balaban J connectivity index is 1.53. The van der Waals surface area contributed by atoms with Crippen molar-refractivity contribution in [1.29, 1.82) is 0 Å². The van der Waals surface area contributed by atoms with Gasteiger partial charge in [-0.3, -0.25) is 9.89 Å². The average Bonchev–Trinajstić information content (AvgIpc) is 3.17. The van der Waals surface area contributed by atoms with Gasteiger partial charge < -0.3 is 9.80 Å². The molecule has 7 nitrogen and oxygen atoms in total. The highest BCUT2D eigenvalue weighted by molar-refractivity contribution is 5.89. The predicted molar refractivity (Wildman–Crippen MR) is 119 cm³/mol. The molecule has 0 radical (unpaired) electrons. The second-order valence-electron chi connectivity index (χ2n) is 7.85. The molecule has 2 aromatic heterocycles. The maximum Gasteiger partial charge on any atom is 0.273 e. The minimum Gasteiger partial charge on any atom is -0.369 e. The van der Waals surface area contributed by atoms with Gasteiger partial charge in [0.1, 0.15) is 11.2 Å². The molecule has 1 N–H and O–H groups in total. The molecule has 4 aromatic rings. The summed E-state index contributed by atoms with van der Waals surface area (Å²) in [6.45, 7) is 6.19. The molecule has 0 spiro atoms. The standard InChI is InChI=1S/C23H24N6O/c1-16-5-3-4-6-20(16)29-21(30)15-19-23(26-29)22(25-24-19)17-7-9-18(10-8-17)28-13-11-27(2)12-14-28/h3-10,15,24H,11-14H2,1-2H3. The number of hydrogen-bond acceptors (Lipinski definition) is 5. The Morgan fingerprint density at radius 3 is 2.43 bits per heavy atom. The van der Waals surface area contributed by atoms with E-state index in [1.807, 2.05) is 31.2 Å². The van der Waals surface area contributed by atoms with Crippen molar-refractivity contribution in [3.05, 3.63) is 70.5 Å². The van der Waals surface area contributed by atoms with E-state index in [2.05, 4.69) is 56.4 Å². The van der Waals surface area contributed by atoms with Crippen LogP contribution in [0, 0.1) is 6.92 Å². The number of aromatic amines is 1. The van der Waals surface area contributed by atoms with Gasteiger partial charge in [-0.1, -0.05) is 30.3 Å². The highest BCUT2D eigenvalue weighted by Crippen LogP contribution is 2.27. The number of rotatable bonds is 3. The summed E-state index contributed by atoms with van der Waals surface area (Å²) in [5.74, 6) is 0. The summed E-state index contributed by atoms with van der Waals surface area (Å²) in [4.78, 5) is 17.4. The van der Waals surface area contributed by atoms with Gasteiger partial charge in [-0.05, 0) is 37.7 Å². The van der Waals surface area contributed by atoms with Gasteiger partial charge in [-0.15, -0.1) is 0 Å². The first-order valence-electron chi connectivity index (χ1n) is 10.2. The van der Waals surface area contributed by atoms with Crippen molar-refractivity contribution < 1.29 is 0 Å². The first kappa shape index (κ1) is 18.6. The van der Waals surface area contributed by atoms with Gasteiger partial charge in [0.25, 0.3) is 5.56 Å². The quantitative estimate of drug-likeness (QED) is 0.573. The van der Waals surface area contributed by atoms with Crippen LogP contribution in [0.1, 0.15) is 5.56 Å². The van der Waals surface area contributed by atoms with Crippen molar-refractivity contribution in [2.24, 2.45) is 0 Å². The number of H-pyrrole nitrogens is 1. The summed E-state index contributed by atoms with van der Waals surface area (Å²) in [6, 6.07) is 17.7. The summed E-state index contributed by atoms with van der Waals surface area (Å²) in [7, 11) is 2.16. The Kier molecular flexibility index (Phi) is 4.59. The molecule has 152 valence electrons. The van der Waals surface area contributed by atoms with Crippen LogP contribution < -0.4 is 10.5 Å². The van der Waals surface area contributed by atoms with Gasteiger partial charge in [0, 0.05) is 43.5 Å². The summed E-state index contributed by atoms with van der Waals surface area (Å²) in [5, 5.41) is 12.1. The minimum atomic E-state index is -0.183. The molecule has 0 unspecified atom stereocenters. The second-order valence-corrected chi connectivity index (χ2v) is 7.85. The van der Waals surface area contributed by atoms with Gasteiger partial charge in [0.2, 0.25) is 0 Å². The van der Waals surface area contributed by atoms with E-state index >= 15 is 0 Å².